The van der Waals surface area contributed by atoms with Gasteiger partial charge in [-0.1, -0.05) is 41.5 Å². The second-order valence-electron chi connectivity index (χ2n) is 9.23. The number of nitrogens with two attached hydrogens (primary N) is 1. The van der Waals surface area contributed by atoms with Crippen molar-refractivity contribution in [3.8, 4) is 0 Å². The Kier molecular flexibility index (Phi) is 6.86. The first kappa shape index (κ1) is 22.3. The number of hydrogen-bond donors (Lipinski definition) is 1. The van der Waals surface area contributed by atoms with E-state index in [-0.39, 0.29) is 16.5 Å². The molecule has 1 atom stereocenters. The summed E-state index contributed by atoms with van der Waals surface area (Å²) in [5.41, 5.74) is 5.86. The van der Waals surface area contributed by atoms with Crippen molar-refractivity contribution in [2.45, 2.75) is 90.3 Å². The monoisotopic (exact) mass is 361 g/mol. The lowest BCUT2D eigenvalue weighted by atomic mass is 10.2. The lowest BCUT2D eigenvalue weighted by molar-refractivity contribution is -0.143. The molecule has 1 unspecified atom stereocenters. The molecule has 0 amide bonds. The van der Waals surface area contributed by atoms with Crippen LogP contribution < -0.4 is 5.73 Å². The second kappa shape index (κ2) is 7.07. The molecule has 0 spiro atoms. The average molecular weight is 362 g/mol. The molecule has 0 aromatic carbocycles. The zero-order valence-corrected chi connectivity index (χ0v) is 18.5. The van der Waals surface area contributed by atoms with Crippen LogP contribution in [0.5, 0.6) is 0 Å². The fraction of sp³-hybridized carbons (Fsp3) is 0.875. The molecule has 0 aromatic rings. The maximum absolute atomic E-state index is 12.2. The van der Waals surface area contributed by atoms with Gasteiger partial charge in [-0.15, -0.1) is 0 Å². The minimum Gasteiger partial charge on any atom is -0.519 e. The first-order chi connectivity index (χ1) is 9.91. The van der Waals surface area contributed by atoms with Crippen molar-refractivity contribution < 1.29 is 18.4 Å². The SMILES string of the molecule is CC(C)(C)[Si](C)(C)OC(=O)CC(N)C(=O)O[Si](C)(C)C(C)(C)C. The van der Waals surface area contributed by atoms with Crippen LogP contribution in [0.25, 0.3) is 0 Å². The van der Waals surface area contributed by atoms with Gasteiger partial charge in [0.15, 0.2) is 0 Å². The molecule has 0 rings (SSSR count). The smallest absolute Gasteiger partial charge is 0.310 e. The summed E-state index contributed by atoms with van der Waals surface area (Å²) < 4.78 is 11.3. The summed E-state index contributed by atoms with van der Waals surface area (Å²) >= 11 is 0. The third-order valence-electron chi connectivity index (χ3n) is 5.03. The van der Waals surface area contributed by atoms with Gasteiger partial charge in [0.25, 0.3) is 22.6 Å². The van der Waals surface area contributed by atoms with Crippen molar-refractivity contribution in [1.29, 1.82) is 0 Å². The third-order valence-corrected chi connectivity index (χ3v) is 13.7. The van der Waals surface area contributed by atoms with Gasteiger partial charge in [0.2, 0.25) is 0 Å². The normalized spacial score (nSPS) is 15.1. The Balaban J connectivity index is 4.75. The van der Waals surface area contributed by atoms with Gasteiger partial charge in [-0.2, -0.15) is 0 Å². The van der Waals surface area contributed by atoms with Gasteiger partial charge in [0.1, 0.15) is 6.04 Å². The van der Waals surface area contributed by atoms with Crippen molar-refractivity contribution in [3.05, 3.63) is 0 Å². The largest absolute Gasteiger partial charge is 0.519 e. The summed E-state index contributed by atoms with van der Waals surface area (Å²) in [4.78, 5) is 24.3. The molecule has 0 radical (unpaired) electrons. The number of rotatable bonds is 5. The molecule has 0 aromatic heterocycles. The fourth-order valence-electron chi connectivity index (χ4n) is 1.22. The summed E-state index contributed by atoms with van der Waals surface area (Å²) in [6.07, 6.45) is -0.139. The maximum atomic E-state index is 12.2. The van der Waals surface area contributed by atoms with Gasteiger partial charge in [0.05, 0.1) is 6.42 Å². The van der Waals surface area contributed by atoms with E-state index in [2.05, 4.69) is 20.8 Å². The minimum atomic E-state index is -2.23. The van der Waals surface area contributed by atoms with Crippen LogP contribution in [0.3, 0.4) is 0 Å². The highest BCUT2D eigenvalue weighted by Gasteiger charge is 2.43. The van der Waals surface area contributed by atoms with Crippen molar-refractivity contribution >= 4 is 28.6 Å². The van der Waals surface area contributed by atoms with Crippen molar-refractivity contribution in [2.24, 2.45) is 5.73 Å². The van der Waals surface area contributed by atoms with E-state index in [0.717, 1.165) is 0 Å². The summed E-state index contributed by atoms with van der Waals surface area (Å²) in [5, 5.41) is -0.168. The zero-order chi connectivity index (χ0) is 18.9. The predicted molar refractivity (Wildman–Crippen MR) is 99.2 cm³/mol. The lowest BCUT2D eigenvalue weighted by Gasteiger charge is -2.37. The third kappa shape index (κ3) is 6.39. The molecule has 5 nitrogen and oxygen atoms in total. The summed E-state index contributed by atoms with van der Waals surface area (Å²) in [7, 11) is -4.43. The molecule has 136 valence electrons. The first-order valence-electron chi connectivity index (χ1n) is 8.11. The van der Waals surface area contributed by atoms with E-state index in [0.29, 0.717) is 0 Å². The summed E-state index contributed by atoms with van der Waals surface area (Å²) in [5.74, 6) is -0.931. The Labute approximate surface area is 143 Å². The van der Waals surface area contributed by atoms with Crippen LogP contribution in [0.15, 0.2) is 0 Å². The zero-order valence-electron chi connectivity index (χ0n) is 16.5. The molecule has 23 heavy (non-hydrogen) atoms. The Morgan fingerprint density at radius 3 is 1.57 bits per heavy atom. The van der Waals surface area contributed by atoms with Gasteiger partial charge in [0, 0.05) is 0 Å². The van der Waals surface area contributed by atoms with Gasteiger partial charge in [-0.25, -0.2) is 0 Å². The number of carbonyl (C=O) groups excluding carboxylic acids is 2. The van der Waals surface area contributed by atoms with Crippen LogP contribution in [-0.4, -0.2) is 34.6 Å². The van der Waals surface area contributed by atoms with Crippen LogP contribution >= 0.6 is 0 Å². The summed E-state index contributed by atoms with van der Waals surface area (Å²) in [6, 6.07) is -0.971. The molecule has 0 aliphatic carbocycles. The van der Waals surface area contributed by atoms with Crippen LogP contribution in [0.1, 0.15) is 48.0 Å². The van der Waals surface area contributed by atoms with E-state index in [1.807, 2.05) is 47.0 Å². The highest BCUT2D eigenvalue weighted by Crippen LogP contribution is 2.38. The molecule has 0 heterocycles. The van der Waals surface area contributed by atoms with E-state index >= 15 is 0 Å². The Morgan fingerprint density at radius 1 is 0.870 bits per heavy atom. The van der Waals surface area contributed by atoms with Crippen molar-refractivity contribution in [1.82, 2.24) is 0 Å². The van der Waals surface area contributed by atoms with Gasteiger partial charge < -0.3 is 14.6 Å². The van der Waals surface area contributed by atoms with E-state index in [9.17, 15) is 9.59 Å². The Bertz CT molecular complexity index is 448. The quantitative estimate of drug-likeness (QED) is 0.753. The standard InChI is InChI=1S/C16H35NO4Si2/c1-15(2,3)22(7,8)20-13(18)11-12(17)14(19)21-23(9,10)16(4,5)6/h12H,11,17H2,1-10H3. The van der Waals surface area contributed by atoms with Gasteiger partial charge in [-0.3, -0.25) is 9.59 Å². The van der Waals surface area contributed by atoms with Crippen LogP contribution in [0, 0.1) is 0 Å². The van der Waals surface area contributed by atoms with E-state index in [1.165, 1.54) is 0 Å². The number of hydrogen-bond acceptors (Lipinski definition) is 5. The fourth-order valence-corrected chi connectivity index (χ4v) is 3.14. The van der Waals surface area contributed by atoms with E-state index in [4.69, 9.17) is 14.6 Å². The topological polar surface area (TPSA) is 78.6 Å². The lowest BCUT2D eigenvalue weighted by Crippen LogP contribution is -2.48. The molecule has 2 N–H and O–H groups in total. The molecular formula is C16H35NO4Si2. The second-order valence-corrected chi connectivity index (χ2v) is 18.7. The molecule has 0 aliphatic rings. The van der Waals surface area contributed by atoms with Crippen LogP contribution in [0.4, 0.5) is 0 Å². The van der Waals surface area contributed by atoms with Crippen molar-refractivity contribution in [3.63, 3.8) is 0 Å². The molecule has 7 heteroatoms. The summed E-state index contributed by atoms with van der Waals surface area (Å²) in [6.45, 7) is 20.2. The van der Waals surface area contributed by atoms with Gasteiger partial charge >= 0.3 is 5.97 Å². The molecule has 0 saturated carbocycles. The van der Waals surface area contributed by atoms with Crippen LogP contribution in [0.2, 0.25) is 36.3 Å². The Hall–Kier alpha value is -0.666. The van der Waals surface area contributed by atoms with E-state index < -0.39 is 34.6 Å². The van der Waals surface area contributed by atoms with Gasteiger partial charge in [-0.05, 0) is 36.3 Å². The van der Waals surface area contributed by atoms with Crippen LogP contribution in [-0.2, 0) is 18.4 Å². The minimum absolute atomic E-state index is 0.0750. The molecule has 0 bridgehead atoms. The average Bonchev–Trinajstić information content (AvgIpc) is 2.23. The Morgan fingerprint density at radius 2 is 1.22 bits per heavy atom. The molecule has 0 saturated heterocycles. The first-order valence-corrected chi connectivity index (χ1v) is 13.9. The molecule has 0 fully saturated rings. The molecule has 0 aliphatic heterocycles. The predicted octanol–water partition coefficient (Wildman–Crippen LogP) is 3.80. The van der Waals surface area contributed by atoms with Crippen molar-refractivity contribution in [2.75, 3.05) is 0 Å². The number of carbonyl (C=O) groups is 2. The highest BCUT2D eigenvalue weighted by molar-refractivity contribution is 6.76. The molecular weight excluding hydrogens is 326 g/mol. The maximum Gasteiger partial charge on any atom is 0.310 e. The van der Waals surface area contributed by atoms with E-state index in [1.54, 1.807) is 0 Å². The highest BCUT2D eigenvalue weighted by atomic mass is 28.4.